The van der Waals surface area contributed by atoms with E-state index in [1.807, 2.05) is 0 Å². The molecule has 0 saturated carbocycles. The molecule has 0 unspecified atom stereocenters. The molecule has 0 saturated heterocycles. The number of allylic oxidation sites excluding steroid dienone is 2. The Morgan fingerprint density at radius 3 is 2.00 bits per heavy atom. The molecular weight excluding hydrogens is 110 g/mol. The van der Waals surface area contributed by atoms with Crippen LogP contribution in [0.4, 0.5) is 0 Å². The fraction of sp³-hybridized carbons (Fsp3) is 0.750. The summed E-state index contributed by atoms with van der Waals surface area (Å²) in [5.74, 6) is 0. The SMILES string of the molecule is CCC=C(N)C(C)(C)C. The summed E-state index contributed by atoms with van der Waals surface area (Å²) in [6, 6.07) is 0. The normalized spacial score (nSPS) is 14.0. The largest absolute Gasteiger partial charge is 0.402 e. The summed E-state index contributed by atoms with van der Waals surface area (Å²) in [6.07, 6.45) is 3.10. The van der Waals surface area contributed by atoms with Gasteiger partial charge in [-0.25, -0.2) is 0 Å². The van der Waals surface area contributed by atoms with Crippen LogP contribution >= 0.6 is 0 Å². The molecule has 0 amide bonds. The Balaban J connectivity index is 4.03. The maximum Gasteiger partial charge on any atom is 0.00944 e. The van der Waals surface area contributed by atoms with Crippen molar-refractivity contribution in [3.8, 4) is 0 Å². The third kappa shape index (κ3) is 3.17. The highest BCUT2D eigenvalue weighted by molar-refractivity contribution is 5.05. The van der Waals surface area contributed by atoms with Crippen LogP contribution in [0.3, 0.4) is 0 Å². The standard InChI is InChI=1S/C8H17N/c1-5-6-7(9)8(2,3)4/h6H,5,9H2,1-4H3. The highest BCUT2D eigenvalue weighted by Crippen LogP contribution is 2.20. The molecule has 0 aliphatic rings. The first-order valence-electron chi connectivity index (χ1n) is 3.44. The van der Waals surface area contributed by atoms with E-state index in [0.717, 1.165) is 12.1 Å². The second kappa shape index (κ2) is 2.90. The minimum absolute atomic E-state index is 0.149. The van der Waals surface area contributed by atoms with Gasteiger partial charge in [-0.1, -0.05) is 33.8 Å². The van der Waals surface area contributed by atoms with E-state index in [1.165, 1.54) is 0 Å². The smallest absolute Gasteiger partial charge is 0.00944 e. The Morgan fingerprint density at radius 1 is 1.44 bits per heavy atom. The molecule has 1 nitrogen and oxygen atoms in total. The summed E-state index contributed by atoms with van der Waals surface area (Å²) >= 11 is 0. The first-order chi connectivity index (χ1) is 3.98. The summed E-state index contributed by atoms with van der Waals surface area (Å²) in [6.45, 7) is 8.45. The van der Waals surface area contributed by atoms with Gasteiger partial charge < -0.3 is 5.73 Å². The predicted molar refractivity (Wildman–Crippen MR) is 42.0 cm³/mol. The lowest BCUT2D eigenvalue weighted by Gasteiger charge is -2.18. The van der Waals surface area contributed by atoms with Crippen molar-refractivity contribution in [1.82, 2.24) is 0 Å². The van der Waals surface area contributed by atoms with E-state index in [4.69, 9.17) is 5.73 Å². The molecule has 0 aromatic carbocycles. The summed E-state index contributed by atoms with van der Waals surface area (Å²) in [5, 5.41) is 0. The zero-order valence-corrected chi connectivity index (χ0v) is 6.86. The van der Waals surface area contributed by atoms with E-state index in [9.17, 15) is 0 Å². The van der Waals surface area contributed by atoms with Gasteiger partial charge in [0.2, 0.25) is 0 Å². The minimum atomic E-state index is 0.149. The van der Waals surface area contributed by atoms with Gasteiger partial charge in [0.1, 0.15) is 0 Å². The van der Waals surface area contributed by atoms with Crippen molar-refractivity contribution in [3.05, 3.63) is 11.8 Å². The van der Waals surface area contributed by atoms with Crippen LogP contribution in [0.2, 0.25) is 0 Å². The Labute approximate surface area is 57.9 Å². The minimum Gasteiger partial charge on any atom is -0.402 e. The van der Waals surface area contributed by atoms with Crippen molar-refractivity contribution < 1.29 is 0 Å². The zero-order valence-electron chi connectivity index (χ0n) is 6.86. The average Bonchev–Trinajstić information content (AvgIpc) is 1.64. The van der Waals surface area contributed by atoms with Crippen molar-refractivity contribution >= 4 is 0 Å². The van der Waals surface area contributed by atoms with E-state index in [-0.39, 0.29) is 5.41 Å². The van der Waals surface area contributed by atoms with Gasteiger partial charge in [-0.05, 0) is 6.42 Å². The quantitative estimate of drug-likeness (QED) is 0.574. The number of rotatable bonds is 1. The van der Waals surface area contributed by atoms with Crippen molar-refractivity contribution in [2.75, 3.05) is 0 Å². The molecule has 0 bridgehead atoms. The van der Waals surface area contributed by atoms with Crippen LogP contribution in [0.5, 0.6) is 0 Å². The Kier molecular flexibility index (Phi) is 2.75. The number of hydrogen-bond acceptors (Lipinski definition) is 1. The topological polar surface area (TPSA) is 26.0 Å². The van der Waals surface area contributed by atoms with Crippen LogP contribution in [0.15, 0.2) is 11.8 Å². The highest BCUT2D eigenvalue weighted by Gasteiger charge is 2.11. The molecule has 0 radical (unpaired) electrons. The number of hydrogen-bond donors (Lipinski definition) is 1. The van der Waals surface area contributed by atoms with Gasteiger partial charge in [-0.3, -0.25) is 0 Å². The molecule has 0 heterocycles. The van der Waals surface area contributed by atoms with Crippen LogP contribution < -0.4 is 5.73 Å². The summed E-state index contributed by atoms with van der Waals surface area (Å²) in [5.41, 5.74) is 6.86. The van der Waals surface area contributed by atoms with Gasteiger partial charge in [0.05, 0.1) is 0 Å². The maximum absolute atomic E-state index is 5.72. The summed E-state index contributed by atoms with van der Waals surface area (Å²) in [4.78, 5) is 0. The molecular formula is C8H17N. The van der Waals surface area contributed by atoms with Crippen LogP contribution in [-0.2, 0) is 0 Å². The van der Waals surface area contributed by atoms with Gasteiger partial charge in [0.25, 0.3) is 0 Å². The van der Waals surface area contributed by atoms with E-state index in [1.54, 1.807) is 0 Å². The third-order valence-corrected chi connectivity index (χ3v) is 1.29. The lowest BCUT2D eigenvalue weighted by Crippen LogP contribution is -2.16. The molecule has 0 aromatic rings. The van der Waals surface area contributed by atoms with E-state index < -0.39 is 0 Å². The van der Waals surface area contributed by atoms with Crippen molar-refractivity contribution in [2.45, 2.75) is 34.1 Å². The Bertz CT molecular complexity index is 106. The molecule has 0 aliphatic heterocycles. The van der Waals surface area contributed by atoms with Crippen molar-refractivity contribution in [2.24, 2.45) is 11.1 Å². The van der Waals surface area contributed by atoms with Gasteiger partial charge >= 0.3 is 0 Å². The molecule has 0 atom stereocenters. The Morgan fingerprint density at radius 2 is 1.89 bits per heavy atom. The van der Waals surface area contributed by atoms with Crippen LogP contribution in [0.25, 0.3) is 0 Å². The fourth-order valence-corrected chi connectivity index (χ4v) is 0.526. The molecule has 0 fully saturated rings. The van der Waals surface area contributed by atoms with Crippen molar-refractivity contribution in [3.63, 3.8) is 0 Å². The Hall–Kier alpha value is -0.460. The van der Waals surface area contributed by atoms with E-state index >= 15 is 0 Å². The van der Waals surface area contributed by atoms with E-state index in [2.05, 4.69) is 33.8 Å². The zero-order chi connectivity index (χ0) is 7.49. The molecule has 0 spiro atoms. The molecule has 1 heteroatoms. The first-order valence-corrected chi connectivity index (χ1v) is 3.44. The molecule has 54 valence electrons. The number of nitrogens with two attached hydrogens (primary N) is 1. The van der Waals surface area contributed by atoms with Crippen LogP contribution in [0.1, 0.15) is 34.1 Å². The highest BCUT2D eigenvalue weighted by atomic mass is 14.6. The summed E-state index contributed by atoms with van der Waals surface area (Å²) in [7, 11) is 0. The van der Waals surface area contributed by atoms with Gasteiger partial charge in [0, 0.05) is 11.1 Å². The van der Waals surface area contributed by atoms with Gasteiger partial charge in [-0.2, -0.15) is 0 Å². The summed E-state index contributed by atoms with van der Waals surface area (Å²) < 4.78 is 0. The second-order valence-corrected chi connectivity index (χ2v) is 3.32. The predicted octanol–water partition coefficient (Wildman–Crippen LogP) is 2.29. The van der Waals surface area contributed by atoms with Crippen LogP contribution in [-0.4, -0.2) is 0 Å². The molecule has 0 aliphatic carbocycles. The molecule has 2 N–H and O–H groups in total. The van der Waals surface area contributed by atoms with Crippen molar-refractivity contribution in [1.29, 1.82) is 0 Å². The maximum atomic E-state index is 5.72. The van der Waals surface area contributed by atoms with Crippen LogP contribution in [0, 0.1) is 5.41 Å². The lowest BCUT2D eigenvalue weighted by atomic mass is 9.92. The molecule has 0 aromatic heterocycles. The lowest BCUT2D eigenvalue weighted by molar-refractivity contribution is 0.495. The van der Waals surface area contributed by atoms with Gasteiger partial charge in [-0.15, -0.1) is 0 Å². The van der Waals surface area contributed by atoms with E-state index in [0.29, 0.717) is 0 Å². The first kappa shape index (κ1) is 8.54. The fourth-order valence-electron chi connectivity index (χ4n) is 0.526. The van der Waals surface area contributed by atoms with Gasteiger partial charge in [0.15, 0.2) is 0 Å². The molecule has 0 rings (SSSR count). The molecule has 9 heavy (non-hydrogen) atoms. The third-order valence-electron chi connectivity index (χ3n) is 1.29. The second-order valence-electron chi connectivity index (χ2n) is 3.32. The average molecular weight is 127 g/mol. The monoisotopic (exact) mass is 127 g/mol.